The largest absolute Gasteiger partial charge is 0.472 e. The molecule has 0 rings (SSSR count). The van der Waals surface area contributed by atoms with E-state index in [1.54, 1.807) is 0 Å². The van der Waals surface area contributed by atoms with Crippen molar-refractivity contribution in [3.8, 4) is 0 Å². The molecule has 0 amide bonds. The Kier molecular flexibility index (Phi) is 72.5. The lowest BCUT2D eigenvalue weighted by molar-refractivity contribution is -0.161. The van der Waals surface area contributed by atoms with Crippen molar-refractivity contribution in [2.45, 2.75) is 451 Å². The molecule has 0 aromatic carbocycles. The average Bonchev–Trinajstić information content (AvgIpc) is 0.914. The van der Waals surface area contributed by atoms with Gasteiger partial charge >= 0.3 is 39.5 Å². The zero-order chi connectivity index (χ0) is 73.4. The van der Waals surface area contributed by atoms with Crippen molar-refractivity contribution >= 4 is 39.5 Å². The van der Waals surface area contributed by atoms with Crippen LogP contribution in [-0.2, 0) is 65.4 Å². The Balaban J connectivity index is 5.22. The predicted molar refractivity (Wildman–Crippen MR) is 409 cm³/mol. The molecule has 0 saturated heterocycles. The monoisotopic (exact) mass is 1470 g/mol. The molecule has 0 aromatic heterocycles. The molecule has 0 aliphatic heterocycles. The first-order valence-corrected chi connectivity index (χ1v) is 45.1. The fourth-order valence-electron chi connectivity index (χ4n) is 12.6. The van der Waals surface area contributed by atoms with Crippen LogP contribution in [0.5, 0.6) is 0 Å². The van der Waals surface area contributed by atoms with Crippen molar-refractivity contribution in [1.29, 1.82) is 0 Å². The average molecular weight is 1470 g/mol. The van der Waals surface area contributed by atoms with Crippen LogP contribution in [0.25, 0.3) is 0 Å². The van der Waals surface area contributed by atoms with Gasteiger partial charge in [0.15, 0.2) is 12.2 Å². The molecule has 5 atom stereocenters. The molecule has 3 N–H and O–H groups in total. The van der Waals surface area contributed by atoms with Gasteiger partial charge in [0.1, 0.15) is 19.3 Å². The van der Waals surface area contributed by atoms with E-state index in [0.29, 0.717) is 31.6 Å². The third-order valence-corrected chi connectivity index (χ3v) is 20.9. The third-order valence-electron chi connectivity index (χ3n) is 19.0. The second-order valence-corrected chi connectivity index (χ2v) is 32.5. The molecule has 0 bridgehead atoms. The van der Waals surface area contributed by atoms with E-state index < -0.39 is 97.5 Å². The third kappa shape index (κ3) is 74.3. The number of rotatable bonds is 81. The minimum Gasteiger partial charge on any atom is -0.462 e. The molecule has 0 saturated carbocycles. The van der Waals surface area contributed by atoms with Gasteiger partial charge in [-0.05, 0) is 31.6 Å². The van der Waals surface area contributed by atoms with Crippen LogP contribution < -0.4 is 0 Å². The molecule has 0 aliphatic rings. The first kappa shape index (κ1) is 98.1. The van der Waals surface area contributed by atoms with Crippen LogP contribution in [0.4, 0.5) is 0 Å². The maximum Gasteiger partial charge on any atom is 0.472 e. The molecule has 2 unspecified atom stereocenters. The number of esters is 4. The van der Waals surface area contributed by atoms with E-state index in [2.05, 4.69) is 34.6 Å². The van der Waals surface area contributed by atoms with Crippen molar-refractivity contribution in [1.82, 2.24) is 0 Å². The summed E-state index contributed by atoms with van der Waals surface area (Å²) in [7, 11) is -9.92. The van der Waals surface area contributed by atoms with Gasteiger partial charge in [0.25, 0.3) is 0 Å². The number of phosphoric ester groups is 2. The highest BCUT2D eigenvalue weighted by Crippen LogP contribution is 2.45. The maximum absolute atomic E-state index is 13.1. The molecular formula is C81H158O17P2. The second kappa shape index (κ2) is 73.9. The summed E-state index contributed by atoms with van der Waals surface area (Å²) < 4.78 is 68.7. The van der Waals surface area contributed by atoms with E-state index in [1.807, 2.05) is 0 Å². The summed E-state index contributed by atoms with van der Waals surface area (Å²) in [5.74, 6) is -1.43. The topological polar surface area (TPSA) is 237 Å². The normalized spacial score (nSPS) is 13.8. The first-order chi connectivity index (χ1) is 48.5. The minimum absolute atomic E-state index is 0.108. The van der Waals surface area contributed by atoms with Gasteiger partial charge in [-0.25, -0.2) is 9.13 Å². The minimum atomic E-state index is -4.96. The number of ether oxygens (including phenoxy) is 4. The maximum atomic E-state index is 13.1. The van der Waals surface area contributed by atoms with Gasteiger partial charge in [0, 0.05) is 25.7 Å². The molecular weight excluding hydrogens is 1310 g/mol. The SMILES string of the molecule is CCCCCCCCCCCCCCCCCCCCC(=O)O[C@H](COC(=O)CCCCCCCCCCCCCCCCCCC)COP(=O)(O)OC[C@@H](O)COP(=O)(O)OC[C@@H](COC(=O)CCCCCCCCC(C)C)OC(=O)CCCCCCCCCCCCCCCCCC. The van der Waals surface area contributed by atoms with Crippen LogP contribution in [-0.4, -0.2) is 96.7 Å². The van der Waals surface area contributed by atoms with E-state index in [1.165, 1.54) is 250 Å². The lowest BCUT2D eigenvalue weighted by Crippen LogP contribution is -2.30. The van der Waals surface area contributed by atoms with Crippen LogP contribution in [0.1, 0.15) is 433 Å². The van der Waals surface area contributed by atoms with Gasteiger partial charge in [-0.2, -0.15) is 0 Å². The Labute approximate surface area is 613 Å². The van der Waals surface area contributed by atoms with Crippen LogP contribution in [0.3, 0.4) is 0 Å². The van der Waals surface area contributed by atoms with Crippen molar-refractivity contribution < 1.29 is 80.2 Å². The highest BCUT2D eigenvalue weighted by atomic mass is 31.2. The summed E-state index contributed by atoms with van der Waals surface area (Å²) in [6, 6.07) is 0. The van der Waals surface area contributed by atoms with E-state index >= 15 is 0 Å². The van der Waals surface area contributed by atoms with Crippen molar-refractivity contribution in [3.63, 3.8) is 0 Å². The Morgan fingerprint density at radius 3 is 0.680 bits per heavy atom. The van der Waals surface area contributed by atoms with Gasteiger partial charge in [-0.3, -0.25) is 37.3 Å². The van der Waals surface area contributed by atoms with Gasteiger partial charge < -0.3 is 33.8 Å². The van der Waals surface area contributed by atoms with Crippen LogP contribution in [0, 0.1) is 5.92 Å². The number of aliphatic hydroxyl groups excluding tert-OH is 1. The molecule has 0 aromatic rings. The number of hydrogen-bond acceptors (Lipinski definition) is 15. The molecule has 17 nitrogen and oxygen atoms in total. The number of carbonyl (C=O) groups is 4. The first-order valence-electron chi connectivity index (χ1n) is 42.1. The molecule has 0 radical (unpaired) electrons. The number of unbranched alkanes of at least 4 members (excludes halogenated alkanes) is 53. The summed E-state index contributed by atoms with van der Waals surface area (Å²) in [4.78, 5) is 73.0. The fourth-order valence-corrected chi connectivity index (χ4v) is 14.2. The van der Waals surface area contributed by atoms with Gasteiger partial charge in [0.2, 0.25) is 0 Å². The van der Waals surface area contributed by atoms with E-state index in [-0.39, 0.29) is 25.7 Å². The molecule has 0 spiro atoms. The molecule has 0 aliphatic carbocycles. The summed E-state index contributed by atoms with van der Waals surface area (Å²) in [6.07, 6.45) is 65.4. The molecule has 19 heteroatoms. The molecule has 0 heterocycles. The lowest BCUT2D eigenvalue weighted by atomic mass is 10.0. The highest BCUT2D eigenvalue weighted by molar-refractivity contribution is 7.47. The second-order valence-electron chi connectivity index (χ2n) is 29.6. The van der Waals surface area contributed by atoms with Crippen LogP contribution in [0.2, 0.25) is 0 Å². The predicted octanol–water partition coefficient (Wildman–Crippen LogP) is 24.4. The summed E-state index contributed by atoms with van der Waals surface area (Å²) in [6.45, 7) is 7.26. The van der Waals surface area contributed by atoms with E-state index in [4.69, 9.17) is 37.0 Å². The quantitative estimate of drug-likeness (QED) is 0.0222. The Bertz CT molecular complexity index is 1910. The summed E-state index contributed by atoms with van der Waals surface area (Å²) in [5.41, 5.74) is 0. The van der Waals surface area contributed by atoms with Crippen molar-refractivity contribution in [3.05, 3.63) is 0 Å². The number of hydrogen-bond donors (Lipinski definition) is 3. The Morgan fingerprint density at radius 1 is 0.270 bits per heavy atom. The Morgan fingerprint density at radius 2 is 0.460 bits per heavy atom. The highest BCUT2D eigenvalue weighted by Gasteiger charge is 2.30. The van der Waals surface area contributed by atoms with Gasteiger partial charge in [0.05, 0.1) is 26.4 Å². The standard InChI is InChI=1S/C81H158O17P2/c1-6-9-12-15-18-21-24-27-30-33-35-38-41-44-47-50-57-62-66-80(85)97-76(70-91-78(83)64-59-54-48-45-42-39-37-34-31-28-25-22-19-16-13-10-7-2)72-95-99(87,88)93-68-75(82)69-94-100(89,90)96-73-77(71-92-79(84)65-60-55-52-51-53-58-63-74(4)5)98-81(86)67-61-56-49-46-43-40-36-32-29-26-23-20-17-14-11-8-3/h74-77,82H,6-73H2,1-5H3,(H,87,88)(H,89,90)/t75-,76-,77-/m1/s1. The zero-order valence-corrected chi connectivity index (χ0v) is 67.1. The zero-order valence-electron chi connectivity index (χ0n) is 65.3. The number of phosphoric acid groups is 2. The summed E-state index contributed by atoms with van der Waals surface area (Å²) in [5, 5.41) is 10.6. The van der Waals surface area contributed by atoms with Crippen LogP contribution in [0.15, 0.2) is 0 Å². The smallest absolute Gasteiger partial charge is 0.462 e. The number of aliphatic hydroxyl groups is 1. The fraction of sp³-hybridized carbons (Fsp3) is 0.951. The Hall–Kier alpha value is -1.94. The van der Waals surface area contributed by atoms with Gasteiger partial charge in [-0.1, -0.05) is 381 Å². The molecule has 100 heavy (non-hydrogen) atoms. The van der Waals surface area contributed by atoms with E-state index in [9.17, 15) is 43.2 Å². The summed E-state index contributed by atoms with van der Waals surface area (Å²) >= 11 is 0. The van der Waals surface area contributed by atoms with E-state index in [0.717, 1.165) is 96.3 Å². The molecule has 0 fully saturated rings. The number of carbonyl (C=O) groups excluding carboxylic acids is 4. The molecule has 594 valence electrons. The van der Waals surface area contributed by atoms with Crippen LogP contribution >= 0.6 is 15.6 Å². The lowest BCUT2D eigenvalue weighted by Gasteiger charge is -2.21. The van der Waals surface area contributed by atoms with Crippen molar-refractivity contribution in [2.24, 2.45) is 5.92 Å². The van der Waals surface area contributed by atoms with Crippen molar-refractivity contribution in [2.75, 3.05) is 39.6 Å². The van der Waals surface area contributed by atoms with Gasteiger partial charge in [-0.15, -0.1) is 0 Å².